The number of ether oxygens (including phenoxy) is 3. The molecule has 0 bridgehead atoms. The number of hydrogen-bond acceptors (Lipinski definition) is 7. The molecule has 1 aliphatic rings. The molecule has 0 radical (unpaired) electrons. The fraction of sp³-hybridized carbons (Fsp3) is 0.222. The predicted molar refractivity (Wildman–Crippen MR) is 135 cm³/mol. The monoisotopic (exact) mass is 508 g/mol. The van der Waals surface area contributed by atoms with Crippen LogP contribution in [-0.2, 0) is 9.53 Å². The summed E-state index contributed by atoms with van der Waals surface area (Å²) in [6.45, 7) is 7.51. The third kappa shape index (κ3) is 4.74. The van der Waals surface area contributed by atoms with Gasteiger partial charge in [-0.2, -0.15) is 0 Å². The molecule has 186 valence electrons. The fourth-order valence-corrected chi connectivity index (χ4v) is 5.03. The number of methoxy groups -OCH3 is 1. The average Bonchev–Trinajstić information content (AvgIpc) is 3.17. The van der Waals surface area contributed by atoms with Gasteiger partial charge in [-0.1, -0.05) is 48.3 Å². The van der Waals surface area contributed by atoms with Crippen molar-refractivity contribution >= 4 is 23.4 Å². The van der Waals surface area contributed by atoms with E-state index in [0.29, 0.717) is 37.7 Å². The number of benzene rings is 2. The minimum absolute atomic E-state index is 0.166. The van der Waals surface area contributed by atoms with E-state index in [1.807, 2.05) is 6.07 Å². The summed E-state index contributed by atoms with van der Waals surface area (Å²) < 4.78 is 32.0. The number of para-hydroxylation sites is 1. The number of rotatable bonds is 8. The second-order valence-corrected chi connectivity index (χ2v) is 8.84. The molecule has 2 aromatic carbocycles. The standard InChI is InChI=1S/C27H25FN2O5S/c1-5-14-35-24-18(8-7-9-20(24)33-4)15-21-25(31)30-23(17-10-12-19(28)13-11-17)22(26(32)34-6-2)16(3)29-27(30)36-21/h5,7-13,15,23H,1,6,14H2,2-4H3/b21-15-/t23-/m1/s1. The van der Waals surface area contributed by atoms with Crippen LogP contribution in [0.1, 0.15) is 31.0 Å². The summed E-state index contributed by atoms with van der Waals surface area (Å²) in [6, 6.07) is 10.3. The van der Waals surface area contributed by atoms with Crippen LogP contribution in [0.2, 0.25) is 0 Å². The first-order valence-electron chi connectivity index (χ1n) is 11.2. The Bertz CT molecular complexity index is 1520. The van der Waals surface area contributed by atoms with Gasteiger partial charge in [0.15, 0.2) is 16.3 Å². The van der Waals surface area contributed by atoms with Gasteiger partial charge in [-0.25, -0.2) is 14.2 Å². The van der Waals surface area contributed by atoms with Crippen molar-refractivity contribution in [3.63, 3.8) is 0 Å². The van der Waals surface area contributed by atoms with Crippen molar-refractivity contribution in [1.82, 2.24) is 4.57 Å². The van der Waals surface area contributed by atoms with Crippen LogP contribution in [-0.4, -0.2) is 30.9 Å². The number of thiazole rings is 1. The SMILES string of the molecule is C=CCOc1c(/C=c2\sc3n(c2=O)[C@H](c2ccc(F)cc2)C(C(=O)OCC)=C(C)N=3)cccc1OC. The molecule has 4 rings (SSSR count). The van der Waals surface area contributed by atoms with Gasteiger partial charge in [0.1, 0.15) is 12.4 Å². The van der Waals surface area contributed by atoms with Gasteiger partial charge in [0.05, 0.1) is 35.6 Å². The minimum Gasteiger partial charge on any atom is -0.493 e. The van der Waals surface area contributed by atoms with Gasteiger partial charge in [-0.15, -0.1) is 0 Å². The molecule has 1 aromatic heterocycles. The maximum atomic E-state index is 13.7. The van der Waals surface area contributed by atoms with Crippen LogP contribution in [0.3, 0.4) is 0 Å². The van der Waals surface area contributed by atoms with Gasteiger partial charge in [-0.05, 0) is 43.7 Å². The highest BCUT2D eigenvalue weighted by atomic mass is 32.1. The first-order chi connectivity index (χ1) is 17.4. The van der Waals surface area contributed by atoms with Crippen molar-refractivity contribution in [3.8, 4) is 11.5 Å². The van der Waals surface area contributed by atoms with Crippen molar-refractivity contribution in [1.29, 1.82) is 0 Å². The number of hydrogen-bond donors (Lipinski definition) is 0. The second-order valence-electron chi connectivity index (χ2n) is 7.83. The lowest BCUT2D eigenvalue weighted by Gasteiger charge is -2.24. The van der Waals surface area contributed by atoms with Crippen LogP contribution in [0.4, 0.5) is 4.39 Å². The highest BCUT2D eigenvalue weighted by Crippen LogP contribution is 2.32. The molecule has 0 saturated carbocycles. The minimum atomic E-state index is -0.815. The summed E-state index contributed by atoms with van der Waals surface area (Å²) in [5.41, 5.74) is 1.53. The van der Waals surface area contributed by atoms with Gasteiger partial charge >= 0.3 is 5.97 Å². The van der Waals surface area contributed by atoms with Crippen LogP contribution in [0.15, 0.2) is 76.2 Å². The van der Waals surface area contributed by atoms with E-state index in [1.165, 1.54) is 35.1 Å². The quantitative estimate of drug-likeness (QED) is 0.344. The van der Waals surface area contributed by atoms with Gasteiger partial charge in [0.25, 0.3) is 5.56 Å². The highest BCUT2D eigenvalue weighted by molar-refractivity contribution is 7.07. The van der Waals surface area contributed by atoms with Gasteiger partial charge < -0.3 is 14.2 Å². The van der Waals surface area contributed by atoms with Crippen molar-refractivity contribution in [2.24, 2.45) is 4.99 Å². The summed E-state index contributed by atoms with van der Waals surface area (Å²) in [4.78, 5) is 31.6. The van der Waals surface area contributed by atoms with E-state index in [2.05, 4.69) is 11.6 Å². The lowest BCUT2D eigenvalue weighted by molar-refractivity contribution is -0.139. The largest absolute Gasteiger partial charge is 0.493 e. The van der Waals surface area contributed by atoms with Gasteiger partial charge in [-0.3, -0.25) is 9.36 Å². The molecular weight excluding hydrogens is 483 g/mol. The molecule has 1 atom stereocenters. The van der Waals surface area contributed by atoms with Crippen LogP contribution >= 0.6 is 11.3 Å². The Morgan fingerprint density at radius 2 is 2.00 bits per heavy atom. The maximum absolute atomic E-state index is 13.7. The molecule has 0 N–H and O–H groups in total. The zero-order valence-electron chi connectivity index (χ0n) is 20.1. The van der Waals surface area contributed by atoms with Gasteiger partial charge in [0, 0.05) is 5.56 Å². The number of halogens is 1. The molecule has 0 saturated heterocycles. The summed E-state index contributed by atoms with van der Waals surface area (Å²) in [5, 5.41) is 0. The Labute approximate surface area is 211 Å². The molecule has 0 amide bonds. The van der Waals surface area contributed by atoms with E-state index in [4.69, 9.17) is 14.2 Å². The van der Waals surface area contributed by atoms with Crippen LogP contribution in [0.25, 0.3) is 6.08 Å². The number of esters is 1. The lowest BCUT2D eigenvalue weighted by Crippen LogP contribution is -2.39. The number of fused-ring (bicyclic) bond motifs is 1. The molecule has 9 heteroatoms. The van der Waals surface area contributed by atoms with E-state index in [9.17, 15) is 14.0 Å². The Morgan fingerprint density at radius 3 is 2.67 bits per heavy atom. The number of aromatic nitrogens is 1. The maximum Gasteiger partial charge on any atom is 0.338 e. The zero-order valence-corrected chi connectivity index (χ0v) is 20.9. The molecule has 0 spiro atoms. The van der Waals surface area contributed by atoms with Gasteiger partial charge in [0.2, 0.25) is 0 Å². The summed E-state index contributed by atoms with van der Waals surface area (Å²) in [6.07, 6.45) is 3.32. The molecule has 1 aliphatic heterocycles. The number of carbonyl (C=O) groups excluding carboxylic acids is 1. The summed E-state index contributed by atoms with van der Waals surface area (Å²) in [5.74, 6) is -0.00268. The van der Waals surface area contributed by atoms with Crippen molar-refractivity contribution < 1.29 is 23.4 Å². The molecule has 36 heavy (non-hydrogen) atoms. The van der Waals surface area contributed by atoms with Crippen LogP contribution in [0, 0.1) is 5.82 Å². The third-order valence-corrected chi connectivity index (χ3v) is 6.55. The fourth-order valence-electron chi connectivity index (χ4n) is 4.00. The Kier molecular flexibility index (Phi) is 7.49. The molecule has 0 aliphatic carbocycles. The van der Waals surface area contributed by atoms with Crippen molar-refractivity contribution in [2.45, 2.75) is 19.9 Å². The average molecular weight is 509 g/mol. The molecule has 7 nitrogen and oxygen atoms in total. The van der Waals surface area contributed by atoms with Crippen molar-refractivity contribution in [3.05, 3.63) is 103 Å². The zero-order chi connectivity index (χ0) is 25.8. The molecular formula is C27H25FN2O5S. The number of nitrogens with zero attached hydrogens (tertiary/aromatic N) is 2. The predicted octanol–water partition coefficient (Wildman–Crippen LogP) is 3.51. The Balaban J connectivity index is 1.94. The smallest absolute Gasteiger partial charge is 0.338 e. The van der Waals surface area contributed by atoms with Crippen LogP contribution in [0.5, 0.6) is 11.5 Å². The Morgan fingerprint density at radius 1 is 1.25 bits per heavy atom. The normalized spacial score (nSPS) is 15.2. The van der Waals surface area contributed by atoms with E-state index >= 15 is 0 Å². The number of allylic oxidation sites excluding steroid dienone is 1. The third-order valence-electron chi connectivity index (χ3n) is 5.56. The lowest BCUT2D eigenvalue weighted by atomic mass is 9.96. The first-order valence-corrected chi connectivity index (χ1v) is 12.1. The summed E-state index contributed by atoms with van der Waals surface area (Å²) >= 11 is 1.19. The topological polar surface area (TPSA) is 79.1 Å². The number of carbonyl (C=O) groups is 1. The molecule has 3 aromatic rings. The first kappa shape index (κ1) is 25.1. The van der Waals surface area contributed by atoms with Crippen molar-refractivity contribution in [2.75, 3.05) is 20.3 Å². The molecule has 0 unspecified atom stereocenters. The highest BCUT2D eigenvalue weighted by Gasteiger charge is 2.33. The Hall–Kier alpha value is -3.98. The van der Waals surface area contributed by atoms with E-state index < -0.39 is 17.8 Å². The molecule has 0 fully saturated rings. The van der Waals surface area contributed by atoms with Crippen LogP contribution < -0.4 is 24.4 Å². The van der Waals surface area contributed by atoms with E-state index in [1.54, 1.807) is 50.3 Å². The summed E-state index contributed by atoms with van der Waals surface area (Å²) in [7, 11) is 1.54. The van der Waals surface area contributed by atoms with E-state index in [0.717, 1.165) is 0 Å². The molecule has 2 heterocycles. The second kappa shape index (κ2) is 10.7. The van der Waals surface area contributed by atoms with E-state index in [-0.39, 0.29) is 24.3 Å².